The first-order valence-electron chi connectivity index (χ1n) is 8.39. The maximum absolute atomic E-state index is 13.6. The molecule has 1 saturated heterocycles. The van der Waals surface area contributed by atoms with Gasteiger partial charge in [-0.1, -0.05) is 18.2 Å². The minimum absolute atomic E-state index is 0.0725. The first-order chi connectivity index (χ1) is 12.1. The van der Waals surface area contributed by atoms with Crippen molar-refractivity contribution in [3.05, 3.63) is 65.2 Å². The number of halogens is 2. The third kappa shape index (κ3) is 4.54. The van der Waals surface area contributed by atoms with E-state index in [-0.39, 0.29) is 12.1 Å². The van der Waals surface area contributed by atoms with Crippen LogP contribution in [0.4, 0.5) is 14.5 Å². The molecule has 134 valence electrons. The van der Waals surface area contributed by atoms with Gasteiger partial charge in [0.05, 0.1) is 24.9 Å². The first kappa shape index (κ1) is 17.8. The molecular weight excluding hydrogens is 326 g/mol. The molecule has 1 aliphatic heterocycles. The van der Waals surface area contributed by atoms with Crippen molar-refractivity contribution in [2.45, 2.75) is 12.6 Å². The summed E-state index contributed by atoms with van der Waals surface area (Å²) < 4.78 is 32.6. The monoisotopic (exact) mass is 348 g/mol. The first-order valence-corrected chi connectivity index (χ1v) is 8.39. The molecule has 3 rings (SSSR count). The number of rotatable bonds is 6. The lowest BCUT2D eigenvalue weighted by Crippen LogP contribution is -2.36. The smallest absolute Gasteiger partial charge is 0.131 e. The van der Waals surface area contributed by atoms with Crippen LogP contribution in [0.5, 0.6) is 0 Å². The second-order valence-corrected chi connectivity index (χ2v) is 6.05. The Morgan fingerprint density at radius 1 is 1.04 bits per heavy atom. The van der Waals surface area contributed by atoms with Crippen LogP contribution in [0.25, 0.3) is 0 Å². The van der Waals surface area contributed by atoms with Gasteiger partial charge in [0.2, 0.25) is 0 Å². The highest BCUT2D eigenvalue weighted by Gasteiger charge is 2.17. The topological polar surface area (TPSA) is 44.7 Å². The second kappa shape index (κ2) is 8.38. The molecule has 6 heteroatoms. The summed E-state index contributed by atoms with van der Waals surface area (Å²) in [6.45, 7) is 3.84. The fraction of sp³-hybridized carbons (Fsp3) is 0.368. The Hall–Kier alpha value is -2.02. The average molecular weight is 348 g/mol. The van der Waals surface area contributed by atoms with Crippen molar-refractivity contribution < 1.29 is 18.6 Å². The van der Waals surface area contributed by atoms with E-state index < -0.39 is 17.7 Å². The molecule has 2 N–H and O–H groups in total. The standard InChI is InChI=1S/C19H22F2N2O2/c20-16-2-1-3-17(21)19(16)18(24)13-22-12-14-4-6-15(7-5-14)23-8-10-25-11-9-23/h1-7,18,22,24H,8-13H2. The molecule has 4 nitrogen and oxygen atoms in total. The molecule has 0 radical (unpaired) electrons. The van der Waals surface area contributed by atoms with Gasteiger partial charge >= 0.3 is 0 Å². The van der Waals surface area contributed by atoms with Crippen LogP contribution in [0.2, 0.25) is 0 Å². The molecule has 25 heavy (non-hydrogen) atoms. The third-order valence-corrected chi connectivity index (χ3v) is 4.31. The maximum atomic E-state index is 13.6. The van der Waals surface area contributed by atoms with Crippen LogP contribution < -0.4 is 10.2 Å². The fourth-order valence-electron chi connectivity index (χ4n) is 2.93. The molecule has 1 aliphatic rings. The summed E-state index contributed by atoms with van der Waals surface area (Å²) in [7, 11) is 0. The Morgan fingerprint density at radius 3 is 2.32 bits per heavy atom. The lowest BCUT2D eigenvalue weighted by molar-refractivity contribution is 0.122. The highest BCUT2D eigenvalue weighted by atomic mass is 19.1. The van der Waals surface area contributed by atoms with Gasteiger partial charge in [-0.15, -0.1) is 0 Å². The number of hydrogen-bond acceptors (Lipinski definition) is 4. The number of anilines is 1. The zero-order chi connectivity index (χ0) is 17.6. The van der Waals surface area contributed by atoms with Gasteiger partial charge in [-0.25, -0.2) is 8.78 Å². The number of nitrogens with zero attached hydrogens (tertiary/aromatic N) is 1. The van der Waals surface area contributed by atoms with Crippen LogP contribution in [0.3, 0.4) is 0 Å². The van der Waals surface area contributed by atoms with Gasteiger partial charge in [0, 0.05) is 31.9 Å². The van der Waals surface area contributed by atoms with Crippen molar-refractivity contribution in [2.75, 3.05) is 37.7 Å². The lowest BCUT2D eigenvalue weighted by atomic mass is 10.1. The highest BCUT2D eigenvalue weighted by Crippen LogP contribution is 2.20. The second-order valence-electron chi connectivity index (χ2n) is 6.05. The molecule has 1 unspecified atom stereocenters. The fourth-order valence-corrected chi connectivity index (χ4v) is 2.93. The molecule has 0 amide bonds. The minimum Gasteiger partial charge on any atom is -0.387 e. The van der Waals surface area contributed by atoms with Crippen molar-refractivity contribution in [2.24, 2.45) is 0 Å². The molecule has 2 aromatic carbocycles. The molecule has 1 fully saturated rings. The zero-order valence-corrected chi connectivity index (χ0v) is 13.9. The summed E-state index contributed by atoms with van der Waals surface area (Å²) in [6, 6.07) is 11.7. The Balaban J connectivity index is 1.52. The van der Waals surface area contributed by atoms with Crippen molar-refractivity contribution in [3.8, 4) is 0 Å². The van der Waals surface area contributed by atoms with Gasteiger partial charge in [0.25, 0.3) is 0 Å². The van der Waals surface area contributed by atoms with Crippen LogP contribution in [0.15, 0.2) is 42.5 Å². The predicted octanol–water partition coefficient (Wildman–Crippen LogP) is 2.62. The number of nitrogens with one attached hydrogen (secondary N) is 1. The van der Waals surface area contributed by atoms with E-state index in [1.165, 1.54) is 6.07 Å². The number of morpholine rings is 1. The molecule has 2 aromatic rings. The summed E-state index contributed by atoms with van der Waals surface area (Å²) >= 11 is 0. The molecule has 0 spiro atoms. The van der Waals surface area contributed by atoms with E-state index in [1.54, 1.807) is 0 Å². The lowest BCUT2D eigenvalue weighted by Gasteiger charge is -2.28. The molecular formula is C19H22F2N2O2. The Morgan fingerprint density at radius 2 is 1.68 bits per heavy atom. The van der Waals surface area contributed by atoms with E-state index in [2.05, 4.69) is 22.3 Å². The molecule has 0 saturated carbocycles. The van der Waals surface area contributed by atoms with E-state index >= 15 is 0 Å². The molecule has 0 aromatic heterocycles. The van der Waals surface area contributed by atoms with E-state index in [9.17, 15) is 13.9 Å². The predicted molar refractivity (Wildman–Crippen MR) is 92.5 cm³/mol. The van der Waals surface area contributed by atoms with Crippen molar-refractivity contribution >= 4 is 5.69 Å². The van der Waals surface area contributed by atoms with Gasteiger partial charge in [0.1, 0.15) is 11.6 Å². The van der Waals surface area contributed by atoms with Gasteiger partial charge < -0.3 is 20.1 Å². The van der Waals surface area contributed by atoms with E-state index in [1.807, 2.05) is 12.1 Å². The van der Waals surface area contributed by atoms with Crippen LogP contribution in [0, 0.1) is 11.6 Å². The Labute approximate surface area is 146 Å². The minimum atomic E-state index is -1.23. The van der Waals surface area contributed by atoms with Crippen molar-refractivity contribution in [3.63, 3.8) is 0 Å². The van der Waals surface area contributed by atoms with Gasteiger partial charge in [-0.2, -0.15) is 0 Å². The summed E-state index contributed by atoms with van der Waals surface area (Å²) in [5.74, 6) is -1.46. The van der Waals surface area contributed by atoms with Crippen LogP contribution in [0.1, 0.15) is 17.2 Å². The molecule has 0 aliphatic carbocycles. The summed E-state index contributed by atoms with van der Waals surface area (Å²) in [5, 5.41) is 13.0. The third-order valence-electron chi connectivity index (χ3n) is 4.31. The van der Waals surface area contributed by atoms with Crippen molar-refractivity contribution in [1.82, 2.24) is 5.32 Å². The number of aliphatic hydroxyl groups is 1. The van der Waals surface area contributed by atoms with Crippen molar-refractivity contribution in [1.29, 1.82) is 0 Å². The number of benzene rings is 2. The number of ether oxygens (including phenoxy) is 1. The quantitative estimate of drug-likeness (QED) is 0.842. The number of hydrogen-bond donors (Lipinski definition) is 2. The van der Waals surface area contributed by atoms with E-state index in [0.29, 0.717) is 6.54 Å². The average Bonchev–Trinajstić information content (AvgIpc) is 2.63. The molecule has 0 bridgehead atoms. The van der Waals surface area contributed by atoms with E-state index in [4.69, 9.17) is 4.74 Å². The largest absolute Gasteiger partial charge is 0.387 e. The summed E-state index contributed by atoms with van der Waals surface area (Å²) in [6.07, 6.45) is -1.23. The highest BCUT2D eigenvalue weighted by molar-refractivity contribution is 5.47. The summed E-state index contributed by atoms with van der Waals surface area (Å²) in [4.78, 5) is 2.27. The van der Waals surface area contributed by atoms with E-state index in [0.717, 1.165) is 49.7 Å². The van der Waals surface area contributed by atoms with Gasteiger partial charge in [-0.05, 0) is 29.8 Å². The summed E-state index contributed by atoms with van der Waals surface area (Å²) in [5.41, 5.74) is 1.90. The normalized spacial score (nSPS) is 16.0. The Kier molecular flexibility index (Phi) is 5.96. The zero-order valence-electron chi connectivity index (χ0n) is 13.9. The van der Waals surface area contributed by atoms with Gasteiger partial charge in [0.15, 0.2) is 0 Å². The molecule has 1 atom stereocenters. The Bertz CT molecular complexity index is 668. The van der Waals surface area contributed by atoms with Crippen LogP contribution in [-0.2, 0) is 11.3 Å². The van der Waals surface area contributed by atoms with Crippen LogP contribution in [-0.4, -0.2) is 38.0 Å². The van der Waals surface area contributed by atoms with Crippen LogP contribution >= 0.6 is 0 Å². The SMILES string of the molecule is OC(CNCc1ccc(N2CCOCC2)cc1)c1c(F)cccc1F. The van der Waals surface area contributed by atoms with Gasteiger partial charge in [-0.3, -0.25) is 0 Å². The number of aliphatic hydroxyl groups excluding tert-OH is 1. The molecule has 1 heterocycles. The maximum Gasteiger partial charge on any atom is 0.131 e.